The average Bonchev–Trinajstić information content (AvgIpc) is 2.83. The fourth-order valence-electron chi connectivity index (χ4n) is 4.54. The molecule has 2 atom stereocenters. The molecule has 0 aliphatic carbocycles. The molecule has 1 aromatic rings. The van der Waals surface area contributed by atoms with Crippen LogP contribution in [-0.2, 0) is 16.1 Å². The molecule has 3 heterocycles. The summed E-state index contributed by atoms with van der Waals surface area (Å²) in [5.41, 5.74) is 1.19. The van der Waals surface area contributed by atoms with Crippen LogP contribution in [0.15, 0.2) is 24.5 Å². The van der Waals surface area contributed by atoms with E-state index in [9.17, 15) is 9.59 Å². The second-order valence-electron chi connectivity index (χ2n) is 8.52. The highest BCUT2D eigenvalue weighted by atomic mass is 16.5. The number of amides is 3. The Morgan fingerprint density at radius 1 is 1.23 bits per heavy atom. The lowest BCUT2D eigenvalue weighted by Gasteiger charge is -2.43. The largest absolute Gasteiger partial charge is 0.385 e. The number of methoxy groups -OCH3 is 1. The number of hydrogen-bond acceptors (Lipinski definition) is 5. The fraction of sp³-hybridized carbons (Fsp3) is 0.696. The molecular formula is C23H37N5O3. The van der Waals surface area contributed by atoms with E-state index < -0.39 is 0 Å². The third-order valence-corrected chi connectivity index (χ3v) is 6.28. The molecule has 0 saturated carbocycles. The first-order valence-electron chi connectivity index (χ1n) is 11.6. The van der Waals surface area contributed by atoms with E-state index in [4.69, 9.17) is 4.74 Å². The van der Waals surface area contributed by atoms with E-state index in [2.05, 4.69) is 20.5 Å². The standard InChI is InChI=1S/C23H37N5O3/c1-31-16-6-11-26-23(30)28-15-9-20-21(18-28)27(17-19-7-12-24-13-8-19)14-5-3-2-4-10-25-22(20)29/h7-8,12-13,20-21H,2-6,9-11,14-18H2,1H3,(H,25,29)(H,26,30)/t20-,21-/m1/s1. The number of urea groups is 1. The number of ether oxygens (including phenoxy) is 1. The van der Waals surface area contributed by atoms with Gasteiger partial charge in [-0.3, -0.25) is 14.7 Å². The number of pyridine rings is 1. The van der Waals surface area contributed by atoms with E-state index in [-0.39, 0.29) is 23.9 Å². The lowest BCUT2D eigenvalue weighted by molar-refractivity contribution is -0.129. The predicted octanol–water partition coefficient (Wildman–Crippen LogP) is 2.01. The van der Waals surface area contributed by atoms with Gasteiger partial charge >= 0.3 is 6.03 Å². The monoisotopic (exact) mass is 431 g/mol. The summed E-state index contributed by atoms with van der Waals surface area (Å²) in [4.78, 5) is 34.2. The van der Waals surface area contributed by atoms with Crippen molar-refractivity contribution in [2.24, 2.45) is 5.92 Å². The summed E-state index contributed by atoms with van der Waals surface area (Å²) in [5, 5.41) is 6.15. The van der Waals surface area contributed by atoms with Gasteiger partial charge in [-0.15, -0.1) is 0 Å². The van der Waals surface area contributed by atoms with Crippen LogP contribution >= 0.6 is 0 Å². The van der Waals surface area contributed by atoms with E-state index in [1.54, 1.807) is 7.11 Å². The molecule has 8 heteroatoms. The van der Waals surface area contributed by atoms with Gasteiger partial charge in [0.05, 0.1) is 5.92 Å². The third kappa shape index (κ3) is 7.18. The summed E-state index contributed by atoms with van der Waals surface area (Å²) in [7, 11) is 1.66. The van der Waals surface area contributed by atoms with E-state index in [0.29, 0.717) is 32.7 Å². The normalized spacial score (nSPS) is 23.4. The van der Waals surface area contributed by atoms with E-state index in [1.165, 1.54) is 5.56 Å². The molecule has 2 aliphatic rings. The molecule has 2 aliphatic heterocycles. The maximum Gasteiger partial charge on any atom is 0.317 e. The Balaban J connectivity index is 1.74. The van der Waals surface area contributed by atoms with Crippen LogP contribution in [0.4, 0.5) is 4.79 Å². The van der Waals surface area contributed by atoms with Crippen molar-refractivity contribution >= 4 is 11.9 Å². The van der Waals surface area contributed by atoms with Crippen molar-refractivity contribution in [2.75, 3.05) is 46.4 Å². The van der Waals surface area contributed by atoms with Crippen molar-refractivity contribution in [3.8, 4) is 0 Å². The Morgan fingerprint density at radius 2 is 2.03 bits per heavy atom. The van der Waals surface area contributed by atoms with Crippen LogP contribution in [0, 0.1) is 5.92 Å². The number of rotatable bonds is 6. The van der Waals surface area contributed by atoms with Crippen molar-refractivity contribution in [3.63, 3.8) is 0 Å². The Kier molecular flexibility index (Phi) is 9.55. The van der Waals surface area contributed by atoms with Crippen LogP contribution in [0.25, 0.3) is 0 Å². The number of carbonyl (C=O) groups excluding carboxylic acids is 2. The first kappa shape index (κ1) is 23.5. The summed E-state index contributed by atoms with van der Waals surface area (Å²) in [6.45, 7) is 4.84. The summed E-state index contributed by atoms with van der Waals surface area (Å²) in [6.07, 6.45) is 9.53. The van der Waals surface area contributed by atoms with Crippen molar-refractivity contribution in [3.05, 3.63) is 30.1 Å². The zero-order valence-corrected chi connectivity index (χ0v) is 18.7. The van der Waals surface area contributed by atoms with Crippen molar-refractivity contribution < 1.29 is 14.3 Å². The number of piperidine rings is 1. The summed E-state index contributed by atoms with van der Waals surface area (Å²) in [5.74, 6) is 0.0317. The van der Waals surface area contributed by atoms with E-state index >= 15 is 0 Å². The smallest absolute Gasteiger partial charge is 0.317 e. The predicted molar refractivity (Wildman–Crippen MR) is 119 cm³/mol. The van der Waals surface area contributed by atoms with Gasteiger partial charge < -0.3 is 20.3 Å². The maximum absolute atomic E-state index is 13.0. The van der Waals surface area contributed by atoms with Gasteiger partial charge in [-0.1, -0.05) is 12.8 Å². The Morgan fingerprint density at radius 3 is 2.84 bits per heavy atom. The summed E-state index contributed by atoms with van der Waals surface area (Å²) < 4.78 is 5.06. The minimum Gasteiger partial charge on any atom is -0.385 e. The quantitative estimate of drug-likeness (QED) is 0.673. The molecule has 2 N–H and O–H groups in total. The molecule has 172 valence electrons. The number of hydrogen-bond donors (Lipinski definition) is 2. The Hall–Kier alpha value is -2.19. The first-order chi connectivity index (χ1) is 15.2. The van der Waals surface area contributed by atoms with Gasteiger partial charge in [0.25, 0.3) is 0 Å². The van der Waals surface area contributed by atoms with Gasteiger partial charge in [-0.05, 0) is 49.9 Å². The molecule has 8 nitrogen and oxygen atoms in total. The number of likely N-dealkylation sites (tertiary alicyclic amines) is 1. The minimum atomic E-state index is -0.0996. The Labute approximate surface area is 185 Å². The second kappa shape index (κ2) is 12.6. The SMILES string of the molecule is COCCCNC(=O)N1CC[C@H]2C(=O)NCCCCCCN(Cc3ccncc3)[C@@H]2C1. The molecule has 0 bridgehead atoms. The molecule has 0 radical (unpaired) electrons. The summed E-state index contributed by atoms with van der Waals surface area (Å²) >= 11 is 0. The minimum absolute atomic E-state index is 0.00439. The van der Waals surface area contributed by atoms with Crippen LogP contribution in [-0.4, -0.2) is 79.2 Å². The highest BCUT2D eigenvalue weighted by molar-refractivity contribution is 5.80. The Bertz CT molecular complexity index is 687. The van der Waals surface area contributed by atoms with Gasteiger partial charge in [0.15, 0.2) is 0 Å². The number of carbonyl (C=O) groups is 2. The number of aromatic nitrogens is 1. The number of fused-ring (bicyclic) bond motifs is 1. The van der Waals surface area contributed by atoms with Crippen LogP contribution in [0.2, 0.25) is 0 Å². The third-order valence-electron chi connectivity index (χ3n) is 6.28. The lowest BCUT2D eigenvalue weighted by atomic mass is 9.89. The van der Waals surface area contributed by atoms with Gasteiger partial charge in [0.1, 0.15) is 0 Å². The molecular weight excluding hydrogens is 394 g/mol. The van der Waals surface area contributed by atoms with Crippen LogP contribution in [0.5, 0.6) is 0 Å². The molecule has 3 rings (SSSR count). The zero-order chi connectivity index (χ0) is 21.9. The van der Waals surface area contributed by atoms with Crippen molar-refractivity contribution in [2.45, 2.75) is 51.1 Å². The molecule has 0 unspecified atom stereocenters. The van der Waals surface area contributed by atoms with Crippen LogP contribution < -0.4 is 10.6 Å². The highest BCUT2D eigenvalue weighted by Gasteiger charge is 2.39. The number of nitrogens with zero attached hydrogens (tertiary/aromatic N) is 3. The van der Waals surface area contributed by atoms with Crippen molar-refractivity contribution in [1.82, 2.24) is 25.4 Å². The molecule has 0 aromatic carbocycles. The van der Waals surface area contributed by atoms with E-state index in [1.807, 2.05) is 29.4 Å². The fourth-order valence-corrected chi connectivity index (χ4v) is 4.54. The van der Waals surface area contributed by atoms with Gasteiger partial charge in [-0.2, -0.15) is 0 Å². The molecule has 2 saturated heterocycles. The van der Waals surface area contributed by atoms with Gasteiger partial charge in [0, 0.05) is 64.9 Å². The summed E-state index contributed by atoms with van der Waals surface area (Å²) in [6, 6.07) is 4.02. The van der Waals surface area contributed by atoms with Crippen molar-refractivity contribution in [1.29, 1.82) is 0 Å². The zero-order valence-electron chi connectivity index (χ0n) is 18.7. The molecule has 31 heavy (non-hydrogen) atoms. The van der Waals surface area contributed by atoms with Gasteiger partial charge in [0.2, 0.25) is 5.91 Å². The maximum atomic E-state index is 13.0. The lowest BCUT2D eigenvalue weighted by Crippen LogP contribution is -2.59. The molecule has 1 aromatic heterocycles. The van der Waals surface area contributed by atoms with Gasteiger partial charge in [-0.25, -0.2) is 4.79 Å². The van der Waals surface area contributed by atoms with Crippen LogP contribution in [0.1, 0.15) is 44.1 Å². The molecule has 2 fully saturated rings. The topological polar surface area (TPSA) is 86.8 Å². The number of nitrogens with one attached hydrogen (secondary N) is 2. The van der Waals surface area contributed by atoms with E-state index in [0.717, 1.165) is 51.7 Å². The highest BCUT2D eigenvalue weighted by Crippen LogP contribution is 2.26. The molecule has 3 amide bonds. The van der Waals surface area contributed by atoms with Crippen LogP contribution in [0.3, 0.4) is 0 Å². The molecule has 0 spiro atoms. The first-order valence-corrected chi connectivity index (χ1v) is 11.6. The average molecular weight is 432 g/mol. The second-order valence-corrected chi connectivity index (χ2v) is 8.52.